The number of aryl methyl sites for hydroxylation is 1. The molecule has 0 aliphatic carbocycles. The lowest BCUT2D eigenvalue weighted by atomic mass is 10.2. The predicted molar refractivity (Wildman–Crippen MR) is 116 cm³/mol. The van der Waals surface area contributed by atoms with E-state index >= 15 is 0 Å². The molecule has 6 nitrogen and oxygen atoms in total. The fraction of sp³-hybridized carbons (Fsp3) is 0.174. The van der Waals surface area contributed by atoms with Gasteiger partial charge in [0.2, 0.25) is 11.8 Å². The zero-order valence-corrected chi connectivity index (χ0v) is 16.8. The highest BCUT2D eigenvalue weighted by molar-refractivity contribution is 5.98. The molecule has 3 rings (SSSR count). The van der Waals surface area contributed by atoms with Crippen LogP contribution < -0.4 is 5.32 Å². The number of anilines is 1. The summed E-state index contributed by atoms with van der Waals surface area (Å²) in [5, 5.41) is 3.82. The number of nitrogens with one attached hydrogen (secondary N) is 1. The number of benzene rings is 1. The largest absolute Gasteiger partial charge is 0.346 e. The molecule has 0 unspecified atom stereocenters. The van der Waals surface area contributed by atoms with Crippen LogP contribution in [0.2, 0.25) is 0 Å². The molecule has 6 heteroatoms. The molecular weight excluding hydrogens is 364 g/mol. The van der Waals surface area contributed by atoms with Gasteiger partial charge in [-0.2, -0.15) is 0 Å². The van der Waals surface area contributed by atoms with Crippen LogP contribution in [0.1, 0.15) is 18.2 Å². The molecule has 0 aliphatic rings. The second-order valence-corrected chi connectivity index (χ2v) is 6.75. The number of carbonyl (C=O) groups is 2. The molecule has 1 N–H and O–H groups in total. The summed E-state index contributed by atoms with van der Waals surface area (Å²) < 4.78 is 2.10. The number of aromatic nitrogens is 2. The maximum absolute atomic E-state index is 12.5. The van der Waals surface area contributed by atoms with Crippen LogP contribution in [-0.2, 0) is 23.2 Å². The van der Waals surface area contributed by atoms with Gasteiger partial charge in [-0.05, 0) is 54.3 Å². The molecule has 0 spiro atoms. The van der Waals surface area contributed by atoms with Gasteiger partial charge < -0.3 is 14.8 Å². The van der Waals surface area contributed by atoms with Crippen LogP contribution in [0, 0.1) is 0 Å². The molecular formula is C23H24N4O2. The van der Waals surface area contributed by atoms with Gasteiger partial charge in [-0.25, -0.2) is 4.98 Å². The van der Waals surface area contributed by atoms with Crippen LogP contribution >= 0.6 is 0 Å². The minimum absolute atomic E-state index is 0.0966. The number of para-hydroxylation sites is 1. The summed E-state index contributed by atoms with van der Waals surface area (Å²) in [4.78, 5) is 29.8. The summed E-state index contributed by atoms with van der Waals surface area (Å²) in [6.45, 7) is 2.29. The van der Waals surface area contributed by atoms with E-state index in [4.69, 9.17) is 0 Å². The number of hydrogen-bond acceptors (Lipinski definition) is 3. The molecule has 148 valence electrons. The highest BCUT2D eigenvalue weighted by Crippen LogP contribution is 2.19. The van der Waals surface area contributed by atoms with E-state index < -0.39 is 0 Å². The second kappa shape index (κ2) is 9.01. The lowest BCUT2D eigenvalue weighted by molar-refractivity contribution is -0.125. The van der Waals surface area contributed by atoms with Gasteiger partial charge in [0.15, 0.2) is 0 Å². The smallest absolute Gasteiger partial charge is 0.249 e. The zero-order chi connectivity index (χ0) is 20.8. The molecule has 0 fully saturated rings. The van der Waals surface area contributed by atoms with E-state index in [1.807, 2.05) is 19.2 Å². The molecule has 0 aliphatic heterocycles. The Bertz CT molecular complexity index is 1080. The van der Waals surface area contributed by atoms with E-state index in [1.54, 1.807) is 49.4 Å². The molecule has 0 saturated heterocycles. The summed E-state index contributed by atoms with van der Waals surface area (Å²) in [5.41, 5.74) is 2.99. The van der Waals surface area contributed by atoms with Gasteiger partial charge in [0.25, 0.3) is 0 Å². The predicted octanol–water partition coefficient (Wildman–Crippen LogP) is 3.76. The summed E-state index contributed by atoms with van der Waals surface area (Å²) >= 11 is 0. The van der Waals surface area contributed by atoms with Crippen LogP contribution in [0.5, 0.6) is 0 Å². The molecule has 0 bridgehead atoms. The fourth-order valence-corrected chi connectivity index (χ4v) is 3.01. The third-order valence-electron chi connectivity index (χ3n) is 4.60. The van der Waals surface area contributed by atoms with Crippen LogP contribution in [-0.4, -0.2) is 33.3 Å². The van der Waals surface area contributed by atoms with Gasteiger partial charge in [-0.3, -0.25) is 9.59 Å². The number of amides is 2. The Kier molecular flexibility index (Phi) is 6.24. The maximum atomic E-state index is 12.5. The Morgan fingerprint density at radius 3 is 2.66 bits per heavy atom. The fourth-order valence-electron chi connectivity index (χ4n) is 3.01. The molecule has 2 amide bonds. The Labute approximate surface area is 170 Å². The number of allylic oxidation sites excluding steroid dienone is 1. The third-order valence-corrected chi connectivity index (χ3v) is 4.60. The topological polar surface area (TPSA) is 67.2 Å². The Hall–Kier alpha value is -3.67. The Morgan fingerprint density at radius 2 is 1.97 bits per heavy atom. The van der Waals surface area contributed by atoms with E-state index in [1.165, 1.54) is 12.2 Å². The van der Waals surface area contributed by atoms with E-state index in [0.717, 1.165) is 22.2 Å². The molecule has 2 heterocycles. The lowest BCUT2D eigenvalue weighted by Crippen LogP contribution is -2.25. The van der Waals surface area contributed by atoms with Crippen molar-refractivity contribution in [2.75, 3.05) is 12.4 Å². The monoisotopic (exact) mass is 388 g/mol. The Morgan fingerprint density at radius 1 is 1.17 bits per heavy atom. The third kappa shape index (κ3) is 4.99. The van der Waals surface area contributed by atoms with E-state index in [0.29, 0.717) is 12.4 Å². The van der Waals surface area contributed by atoms with Crippen LogP contribution in [0.4, 0.5) is 5.82 Å². The van der Waals surface area contributed by atoms with Gasteiger partial charge in [-0.15, -0.1) is 0 Å². The summed E-state index contributed by atoms with van der Waals surface area (Å²) in [5.74, 6) is 0.138. The molecule has 2 aromatic heterocycles. The van der Waals surface area contributed by atoms with Gasteiger partial charge in [-0.1, -0.05) is 24.3 Å². The van der Waals surface area contributed by atoms with E-state index in [9.17, 15) is 9.59 Å². The number of hydrogen-bond donors (Lipinski definition) is 1. The van der Waals surface area contributed by atoms with E-state index in [2.05, 4.69) is 33.1 Å². The molecule has 0 radical (unpaired) electrons. The van der Waals surface area contributed by atoms with Crippen LogP contribution in [0.25, 0.3) is 17.0 Å². The number of nitrogens with zero attached hydrogens (tertiary/aromatic N) is 3. The van der Waals surface area contributed by atoms with Crippen molar-refractivity contribution in [2.45, 2.75) is 13.5 Å². The Balaban J connectivity index is 1.62. The summed E-state index contributed by atoms with van der Waals surface area (Å²) in [7, 11) is 3.79. The van der Waals surface area contributed by atoms with Crippen molar-refractivity contribution in [2.24, 2.45) is 7.05 Å². The molecule has 29 heavy (non-hydrogen) atoms. The van der Waals surface area contributed by atoms with Crippen molar-refractivity contribution < 1.29 is 9.59 Å². The molecule has 0 saturated carbocycles. The lowest BCUT2D eigenvalue weighted by Gasteiger charge is -2.15. The van der Waals surface area contributed by atoms with Gasteiger partial charge in [0.1, 0.15) is 5.82 Å². The highest BCUT2D eigenvalue weighted by atomic mass is 16.2. The maximum Gasteiger partial charge on any atom is 0.249 e. The molecule has 0 atom stereocenters. The van der Waals surface area contributed by atoms with Crippen molar-refractivity contribution >= 4 is 34.6 Å². The minimum atomic E-state index is -0.228. The van der Waals surface area contributed by atoms with Crippen LogP contribution in [0.15, 0.2) is 66.9 Å². The normalized spacial score (nSPS) is 11.4. The van der Waals surface area contributed by atoms with Crippen molar-refractivity contribution in [3.63, 3.8) is 0 Å². The minimum Gasteiger partial charge on any atom is -0.346 e. The summed E-state index contributed by atoms with van der Waals surface area (Å²) in [6.07, 6.45) is 7.94. The first-order chi connectivity index (χ1) is 14.0. The zero-order valence-electron chi connectivity index (χ0n) is 16.8. The first kappa shape index (κ1) is 20.1. The average Bonchev–Trinajstić information content (AvgIpc) is 3.03. The van der Waals surface area contributed by atoms with Crippen molar-refractivity contribution in [1.29, 1.82) is 0 Å². The SMILES string of the molecule is C/C=C/C(=O)Nc1ccc(/C=C/C(=O)N(C)Cc2cc3ccccc3n2C)cn1. The van der Waals surface area contributed by atoms with Crippen molar-refractivity contribution in [3.05, 3.63) is 78.1 Å². The number of rotatable bonds is 6. The standard InChI is InChI=1S/C23H24N4O2/c1-4-7-22(28)25-21-12-10-17(15-24-21)11-13-23(29)26(2)16-19-14-18-8-5-6-9-20(18)27(19)3/h4-15H,16H2,1-3H3,(H,24,25,28)/b7-4+,13-11+. The average molecular weight is 388 g/mol. The second-order valence-electron chi connectivity index (χ2n) is 6.75. The molecule has 3 aromatic rings. The van der Waals surface area contributed by atoms with Gasteiger partial charge in [0, 0.05) is 37.6 Å². The first-order valence-corrected chi connectivity index (χ1v) is 9.34. The number of likely N-dealkylation sites (N-methyl/N-ethyl adjacent to an activating group) is 1. The van der Waals surface area contributed by atoms with Crippen molar-refractivity contribution in [3.8, 4) is 0 Å². The van der Waals surface area contributed by atoms with E-state index in [-0.39, 0.29) is 11.8 Å². The van der Waals surface area contributed by atoms with Crippen molar-refractivity contribution in [1.82, 2.24) is 14.5 Å². The quantitative estimate of drug-likeness (QED) is 0.654. The number of pyridine rings is 1. The number of fused-ring (bicyclic) bond motifs is 1. The highest BCUT2D eigenvalue weighted by Gasteiger charge is 2.10. The van der Waals surface area contributed by atoms with Crippen LogP contribution in [0.3, 0.4) is 0 Å². The first-order valence-electron chi connectivity index (χ1n) is 9.34. The summed E-state index contributed by atoms with van der Waals surface area (Å²) in [6, 6.07) is 13.8. The van der Waals surface area contributed by atoms with Gasteiger partial charge >= 0.3 is 0 Å². The molecule has 1 aromatic carbocycles. The number of carbonyl (C=O) groups excluding carboxylic acids is 2. The van der Waals surface area contributed by atoms with Gasteiger partial charge in [0.05, 0.1) is 6.54 Å².